The largest absolute Gasteiger partial charge is 0.399 e. The second kappa shape index (κ2) is 3.36. The number of nitrogen functional groups attached to an aromatic ring is 3. The van der Waals surface area contributed by atoms with Crippen molar-refractivity contribution >= 4 is 39.0 Å². The summed E-state index contributed by atoms with van der Waals surface area (Å²) in [5.74, 6) is 0.0841. The summed E-state index contributed by atoms with van der Waals surface area (Å²) in [6.45, 7) is 0. The summed E-state index contributed by atoms with van der Waals surface area (Å²) in [5.41, 5.74) is 18.4. The van der Waals surface area contributed by atoms with Gasteiger partial charge in [-0.05, 0) is 23.6 Å². The van der Waals surface area contributed by atoms with Crippen molar-refractivity contribution in [3.8, 4) is 0 Å². The zero-order valence-corrected chi connectivity index (χ0v) is 9.40. The molecule has 6 nitrogen and oxygen atoms in total. The normalized spacial score (nSPS) is 11.1. The molecule has 3 aromatic rings. The van der Waals surface area contributed by atoms with E-state index >= 15 is 0 Å². The van der Waals surface area contributed by atoms with E-state index in [4.69, 9.17) is 17.2 Å². The van der Waals surface area contributed by atoms with E-state index in [1.807, 2.05) is 6.07 Å². The predicted molar refractivity (Wildman–Crippen MR) is 73.1 cm³/mol. The fourth-order valence-electron chi connectivity index (χ4n) is 2.17. The molecular weight excluding hydrogens is 230 g/mol. The molecule has 3 rings (SSSR count). The molecule has 0 aliphatic carbocycles. The predicted octanol–water partition coefficient (Wildman–Crippen LogP) is 0.823. The molecule has 0 saturated carbocycles. The van der Waals surface area contributed by atoms with Gasteiger partial charge in [0.2, 0.25) is 5.95 Å². The summed E-state index contributed by atoms with van der Waals surface area (Å²) in [5, 5.41) is 1.88. The molecule has 18 heavy (non-hydrogen) atoms. The van der Waals surface area contributed by atoms with E-state index in [-0.39, 0.29) is 11.5 Å². The molecular formula is C12H11N5O. The molecule has 0 fully saturated rings. The lowest BCUT2D eigenvalue weighted by Crippen LogP contribution is -2.12. The second-order valence-corrected chi connectivity index (χ2v) is 4.12. The second-order valence-electron chi connectivity index (χ2n) is 4.12. The van der Waals surface area contributed by atoms with E-state index in [0.717, 1.165) is 5.39 Å². The molecule has 0 radical (unpaired) electrons. The molecule has 0 aliphatic heterocycles. The van der Waals surface area contributed by atoms with Crippen LogP contribution in [-0.2, 0) is 0 Å². The third-order valence-electron chi connectivity index (χ3n) is 2.86. The number of fused-ring (bicyclic) bond motifs is 3. The first-order valence-electron chi connectivity index (χ1n) is 5.33. The first-order valence-corrected chi connectivity index (χ1v) is 5.33. The Hall–Kier alpha value is -2.76. The molecule has 0 bridgehead atoms. The number of hydrogen-bond donors (Lipinski definition) is 4. The van der Waals surface area contributed by atoms with E-state index in [2.05, 4.69) is 9.97 Å². The first kappa shape index (κ1) is 10.4. The van der Waals surface area contributed by atoms with Crippen molar-refractivity contribution in [3.63, 3.8) is 0 Å². The van der Waals surface area contributed by atoms with E-state index in [0.29, 0.717) is 27.7 Å². The molecule has 0 atom stereocenters. The van der Waals surface area contributed by atoms with Crippen LogP contribution in [0.5, 0.6) is 0 Å². The maximum Gasteiger partial charge on any atom is 0.260 e. The highest BCUT2D eigenvalue weighted by Gasteiger charge is 2.10. The summed E-state index contributed by atoms with van der Waals surface area (Å²) < 4.78 is 0. The number of aromatic amines is 1. The lowest BCUT2D eigenvalue weighted by atomic mass is 10.0. The molecule has 0 amide bonds. The minimum absolute atomic E-state index is 0.0841. The van der Waals surface area contributed by atoms with E-state index < -0.39 is 0 Å². The van der Waals surface area contributed by atoms with Crippen molar-refractivity contribution in [1.82, 2.24) is 9.97 Å². The number of aromatic nitrogens is 2. The third-order valence-corrected chi connectivity index (χ3v) is 2.86. The van der Waals surface area contributed by atoms with Crippen molar-refractivity contribution in [2.45, 2.75) is 0 Å². The van der Waals surface area contributed by atoms with Crippen LogP contribution in [0.3, 0.4) is 0 Å². The van der Waals surface area contributed by atoms with Crippen molar-refractivity contribution in [1.29, 1.82) is 0 Å². The highest BCUT2D eigenvalue weighted by molar-refractivity contribution is 6.12. The van der Waals surface area contributed by atoms with Crippen molar-refractivity contribution in [2.75, 3.05) is 17.2 Å². The molecule has 7 N–H and O–H groups in total. The van der Waals surface area contributed by atoms with Gasteiger partial charge in [0, 0.05) is 16.8 Å². The summed E-state index contributed by atoms with van der Waals surface area (Å²) in [7, 11) is 0. The number of hydrogen-bond acceptors (Lipinski definition) is 5. The molecule has 1 heterocycles. The third kappa shape index (κ3) is 1.36. The topological polar surface area (TPSA) is 124 Å². The van der Waals surface area contributed by atoms with Crippen LogP contribution in [0, 0.1) is 0 Å². The van der Waals surface area contributed by atoms with Gasteiger partial charge in [-0.1, -0.05) is 6.07 Å². The molecule has 2 aromatic carbocycles. The van der Waals surface area contributed by atoms with Gasteiger partial charge in [0.05, 0.1) is 10.9 Å². The first-order chi connectivity index (χ1) is 8.56. The number of benzene rings is 2. The van der Waals surface area contributed by atoms with Gasteiger partial charge in [-0.25, -0.2) is 4.98 Å². The van der Waals surface area contributed by atoms with Crippen LogP contribution >= 0.6 is 0 Å². The van der Waals surface area contributed by atoms with Crippen LogP contribution in [0.2, 0.25) is 0 Å². The van der Waals surface area contributed by atoms with Crippen LogP contribution in [0.1, 0.15) is 0 Å². The van der Waals surface area contributed by atoms with E-state index in [1.165, 1.54) is 0 Å². The van der Waals surface area contributed by atoms with Gasteiger partial charge in [-0.3, -0.25) is 9.78 Å². The van der Waals surface area contributed by atoms with Crippen LogP contribution in [-0.4, -0.2) is 9.97 Å². The number of H-pyrrole nitrogens is 1. The number of nitrogens with zero attached hydrogens (tertiary/aromatic N) is 1. The molecule has 0 spiro atoms. The highest BCUT2D eigenvalue weighted by atomic mass is 16.1. The SMILES string of the molecule is Nc1cc(N)c2c(ccc3nc(N)[nH]c(=O)c32)c1. The summed E-state index contributed by atoms with van der Waals surface area (Å²) in [6.07, 6.45) is 0. The van der Waals surface area contributed by atoms with Crippen LogP contribution in [0.4, 0.5) is 17.3 Å². The van der Waals surface area contributed by atoms with Crippen LogP contribution in [0.15, 0.2) is 29.1 Å². The molecule has 90 valence electrons. The Kier molecular flexibility index (Phi) is 1.94. The fourth-order valence-corrected chi connectivity index (χ4v) is 2.17. The van der Waals surface area contributed by atoms with Gasteiger partial charge in [0.1, 0.15) is 0 Å². The molecule has 6 heteroatoms. The number of anilines is 3. The average Bonchev–Trinajstić information content (AvgIpc) is 2.28. The zero-order chi connectivity index (χ0) is 12.9. The number of nitrogens with two attached hydrogens (primary N) is 3. The van der Waals surface area contributed by atoms with Gasteiger partial charge in [0.15, 0.2) is 0 Å². The maximum atomic E-state index is 12.0. The summed E-state index contributed by atoms with van der Waals surface area (Å²) in [4.78, 5) is 18.5. The smallest absolute Gasteiger partial charge is 0.260 e. The lowest BCUT2D eigenvalue weighted by molar-refractivity contribution is 1.19. The van der Waals surface area contributed by atoms with Crippen molar-refractivity contribution in [2.24, 2.45) is 0 Å². The summed E-state index contributed by atoms with van der Waals surface area (Å²) >= 11 is 0. The lowest BCUT2D eigenvalue weighted by Gasteiger charge is -2.07. The van der Waals surface area contributed by atoms with Gasteiger partial charge in [-0.2, -0.15) is 0 Å². The maximum absolute atomic E-state index is 12.0. The Labute approximate surface area is 101 Å². The Morgan fingerprint density at radius 1 is 1.06 bits per heavy atom. The molecule has 0 unspecified atom stereocenters. The Morgan fingerprint density at radius 3 is 2.61 bits per heavy atom. The van der Waals surface area contributed by atoms with Crippen molar-refractivity contribution in [3.05, 3.63) is 34.6 Å². The highest BCUT2D eigenvalue weighted by Crippen LogP contribution is 2.29. The molecule has 1 aromatic heterocycles. The Balaban J connectivity index is 2.65. The monoisotopic (exact) mass is 241 g/mol. The van der Waals surface area contributed by atoms with E-state index in [9.17, 15) is 4.79 Å². The minimum Gasteiger partial charge on any atom is -0.399 e. The number of nitrogens with one attached hydrogen (secondary N) is 1. The van der Waals surface area contributed by atoms with Gasteiger partial charge in [-0.15, -0.1) is 0 Å². The van der Waals surface area contributed by atoms with Gasteiger partial charge < -0.3 is 17.2 Å². The zero-order valence-electron chi connectivity index (χ0n) is 9.40. The molecule has 0 saturated heterocycles. The van der Waals surface area contributed by atoms with E-state index in [1.54, 1.807) is 18.2 Å². The van der Waals surface area contributed by atoms with Crippen molar-refractivity contribution < 1.29 is 0 Å². The Morgan fingerprint density at radius 2 is 1.83 bits per heavy atom. The Bertz CT molecular complexity index is 837. The van der Waals surface area contributed by atoms with Gasteiger partial charge in [0.25, 0.3) is 5.56 Å². The molecule has 0 aliphatic rings. The van der Waals surface area contributed by atoms with Crippen LogP contribution < -0.4 is 22.8 Å². The van der Waals surface area contributed by atoms with Gasteiger partial charge >= 0.3 is 0 Å². The fraction of sp³-hybridized carbons (Fsp3) is 0. The average molecular weight is 241 g/mol. The number of rotatable bonds is 0. The van der Waals surface area contributed by atoms with Crippen LogP contribution in [0.25, 0.3) is 21.7 Å². The quantitative estimate of drug-likeness (QED) is 0.342. The summed E-state index contributed by atoms with van der Waals surface area (Å²) in [6, 6.07) is 6.93. The standard InChI is InChI=1S/C12H11N5O/c13-6-3-5-1-2-8-10(9(5)7(14)4-6)11(18)17-12(15)16-8/h1-4H,13-14H2,(H3,15,16,17,18). The minimum atomic E-state index is -0.306.